The summed E-state index contributed by atoms with van der Waals surface area (Å²) in [6.07, 6.45) is -0.920. The molecule has 0 aliphatic heterocycles. The van der Waals surface area contributed by atoms with Crippen LogP contribution in [-0.4, -0.2) is 23.2 Å². The largest absolute Gasteiger partial charge is 0.474 e. The van der Waals surface area contributed by atoms with Crippen molar-refractivity contribution in [2.75, 3.05) is 0 Å². The third-order valence-electron chi connectivity index (χ3n) is 5.68. The Hall–Kier alpha value is -3.29. The van der Waals surface area contributed by atoms with Crippen molar-refractivity contribution in [2.45, 2.75) is 50.6 Å². The molecule has 5 nitrogen and oxygen atoms in total. The van der Waals surface area contributed by atoms with E-state index in [0.717, 1.165) is 41.4 Å². The van der Waals surface area contributed by atoms with Crippen molar-refractivity contribution in [2.24, 2.45) is 0 Å². The molecular weight excluding hydrogens is 419 g/mol. The maximum atomic E-state index is 12.6. The van der Waals surface area contributed by atoms with Gasteiger partial charge in [-0.15, -0.1) is 0 Å². The molecule has 0 spiro atoms. The summed E-state index contributed by atoms with van der Waals surface area (Å²) in [5, 5.41) is 8.17. The van der Waals surface area contributed by atoms with Gasteiger partial charge in [-0.25, -0.2) is 9.78 Å². The quantitative estimate of drug-likeness (QED) is 0.552. The number of carbonyl (C=O) groups is 1. The van der Waals surface area contributed by atoms with Gasteiger partial charge in [0.15, 0.2) is 0 Å². The molecule has 2 amide bonds. The van der Waals surface area contributed by atoms with Crippen molar-refractivity contribution in [3.63, 3.8) is 0 Å². The van der Waals surface area contributed by atoms with Crippen molar-refractivity contribution in [3.05, 3.63) is 71.9 Å². The maximum absolute atomic E-state index is 12.6. The van der Waals surface area contributed by atoms with E-state index in [0.29, 0.717) is 19.4 Å². The van der Waals surface area contributed by atoms with E-state index in [9.17, 15) is 18.0 Å². The molecule has 1 saturated carbocycles. The predicted molar refractivity (Wildman–Crippen MR) is 115 cm³/mol. The highest BCUT2D eigenvalue weighted by molar-refractivity contribution is 5.86. The molecule has 0 radical (unpaired) electrons. The first-order chi connectivity index (χ1) is 15.4. The lowest BCUT2D eigenvalue weighted by Gasteiger charge is -2.29. The summed E-state index contributed by atoms with van der Waals surface area (Å²) in [5.41, 5.74) is 0.256. The summed E-state index contributed by atoms with van der Waals surface area (Å²) in [6, 6.07) is 16.1. The number of halogens is 3. The highest BCUT2D eigenvalue weighted by Crippen LogP contribution is 2.30. The number of fused-ring (bicyclic) bond motifs is 1. The Balaban J connectivity index is 1.22. The van der Waals surface area contributed by atoms with Gasteiger partial charge in [-0.3, -0.25) is 0 Å². The Morgan fingerprint density at radius 3 is 2.47 bits per heavy atom. The summed E-state index contributed by atoms with van der Waals surface area (Å²) in [5.74, 6) is 0.183. The van der Waals surface area contributed by atoms with Crippen LogP contribution in [0.15, 0.2) is 60.8 Å². The molecule has 1 fully saturated rings. The number of ether oxygens (including phenoxy) is 1. The second-order valence-electron chi connectivity index (χ2n) is 7.94. The van der Waals surface area contributed by atoms with Crippen LogP contribution in [0.3, 0.4) is 0 Å². The Bertz CT molecular complexity index is 1060. The third-order valence-corrected chi connectivity index (χ3v) is 5.68. The number of nitrogens with one attached hydrogen (secondary N) is 2. The van der Waals surface area contributed by atoms with Gasteiger partial charge in [0.05, 0.1) is 5.56 Å². The number of hydrogen-bond acceptors (Lipinski definition) is 3. The Kier molecular flexibility index (Phi) is 6.48. The van der Waals surface area contributed by atoms with E-state index in [2.05, 4.69) is 15.6 Å². The molecule has 3 aromatic rings. The van der Waals surface area contributed by atoms with Crippen LogP contribution in [0.1, 0.15) is 36.8 Å². The number of hydrogen-bond donors (Lipinski definition) is 2. The topological polar surface area (TPSA) is 63.2 Å². The normalized spacial score (nSPS) is 18.8. The monoisotopic (exact) mass is 443 g/mol. The van der Waals surface area contributed by atoms with Gasteiger partial charge in [0.25, 0.3) is 0 Å². The van der Waals surface area contributed by atoms with E-state index in [1.165, 1.54) is 6.07 Å². The predicted octanol–water partition coefficient (Wildman–Crippen LogP) is 5.44. The van der Waals surface area contributed by atoms with E-state index in [4.69, 9.17) is 4.74 Å². The second-order valence-corrected chi connectivity index (χ2v) is 7.94. The van der Waals surface area contributed by atoms with E-state index >= 15 is 0 Å². The fourth-order valence-corrected chi connectivity index (χ4v) is 3.97. The van der Waals surface area contributed by atoms with Crippen LogP contribution >= 0.6 is 0 Å². The molecule has 0 bridgehead atoms. The number of aromatic nitrogens is 1. The van der Waals surface area contributed by atoms with Gasteiger partial charge in [0.1, 0.15) is 6.10 Å². The number of amides is 2. The van der Waals surface area contributed by atoms with Crippen LogP contribution in [0.2, 0.25) is 0 Å². The van der Waals surface area contributed by atoms with E-state index < -0.39 is 11.7 Å². The molecule has 0 atom stereocenters. The average Bonchev–Trinajstić information content (AvgIpc) is 2.79. The summed E-state index contributed by atoms with van der Waals surface area (Å²) in [7, 11) is 0. The van der Waals surface area contributed by atoms with Crippen LogP contribution in [0, 0.1) is 0 Å². The molecule has 168 valence electrons. The minimum atomic E-state index is -4.41. The minimum Gasteiger partial charge on any atom is -0.474 e. The van der Waals surface area contributed by atoms with Crippen LogP contribution in [0.5, 0.6) is 5.88 Å². The van der Waals surface area contributed by atoms with Gasteiger partial charge < -0.3 is 15.4 Å². The smallest absolute Gasteiger partial charge is 0.417 e. The fourth-order valence-electron chi connectivity index (χ4n) is 3.97. The van der Waals surface area contributed by atoms with Crippen molar-refractivity contribution in [1.29, 1.82) is 0 Å². The average molecular weight is 443 g/mol. The zero-order valence-corrected chi connectivity index (χ0v) is 17.4. The summed E-state index contributed by atoms with van der Waals surface area (Å²) < 4.78 is 43.6. The SMILES string of the molecule is O=C(NCc1cccc2ccccc12)NC1CCC(Oc2ccc(C(F)(F)F)cn2)CC1. The molecule has 1 aliphatic rings. The molecule has 0 unspecified atom stereocenters. The summed E-state index contributed by atoms with van der Waals surface area (Å²) in [6.45, 7) is 0.436. The first-order valence-electron chi connectivity index (χ1n) is 10.6. The molecule has 4 rings (SSSR count). The molecular formula is C24H24F3N3O2. The number of benzene rings is 2. The van der Waals surface area contributed by atoms with Crippen LogP contribution in [0.25, 0.3) is 10.8 Å². The van der Waals surface area contributed by atoms with Gasteiger partial charge in [0.2, 0.25) is 5.88 Å². The number of nitrogens with zero attached hydrogens (tertiary/aromatic N) is 1. The molecule has 1 heterocycles. The Morgan fingerprint density at radius 2 is 1.75 bits per heavy atom. The molecule has 32 heavy (non-hydrogen) atoms. The summed E-state index contributed by atoms with van der Waals surface area (Å²) >= 11 is 0. The second kappa shape index (κ2) is 9.46. The van der Waals surface area contributed by atoms with E-state index in [-0.39, 0.29) is 24.1 Å². The van der Waals surface area contributed by atoms with Crippen molar-refractivity contribution in [1.82, 2.24) is 15.6 Å². The molecule has 0 saturated heterocycles. The maximum Gasteiger partial charge on any atom is 0.417 e. The first kappa shape index (κ1) is 21.9. The lowest BCUT2D eigenvalue weighted by atomic mass is 9.93. The van der Waals surface area contributed by atoms with Crippen molar-refractivity contribution in [3.8, 4) is 5.88 Å². The molecule has 2 N–H and O–H groups in total. The highest BCUT2D eigenvalue weighted by atomic mass is 19.4. The number of rotatable bonds is 5. The number of pyridine rings is 1. The van der Waals surface area contributed by atoms with Gasteiger partial charge in [-0.2, -0.15) is 13.2 Å². The number of carbonyl (C=O) groups excluding carboxylic acids is 1. The first-order valence-corrected chi connectivity index (χ1v) is 10.6. The van der Waals surface area contributed by atoms with Gasteiger partial charge in [0, 0.05) is 24.8 Å². The van der Waals surface area contributed by atoms with E-state index in [1.807, 2.05) is 42.5 Å². The molecule has 8 heteroatoms. The van der Waals surface area contributed by atoms with Crippen LogP contribution < -0.4 is 15.4 Å². The lowest BCUT2D eigenvalue weighted by molar-refractivity contribution is -0.137. The zero-order valence-electron chi connectivity index (χ0n) is 17.4. The van der Waals surface area contributed by atoms with Gasteiger partial charge in [-0.1, -0.05) is 42.5 Å². The Labute approximate surface area is 184 Å². The summed E-state index contributed by atoms with van der Waals surface area (Å²) in [4.78, 5) is 16.1. The molecule has 2 aromatic carbocycles. The van der Waals surface area contributed by atoms with Gasteiger partial charge >= 0.3 is 12.2 Å². The highest BCUT2D eigenvalue weighted by Gasteiger charge is 2.31. The van der Waals surface area contributed by atoms with Crippen molar-refractivity contribution < 1.29 is 22.7 Å². The minimum absolute atomic E-state index is 0.0305. The lowest BCUT2D eigenvalue weighted by Crippen LogP contribution is -2.44. The molecule has 1 aliphatic carbocycles. The van der Waals surface area contributed by atoms with Crippen LogP contribution in [0.4, 0.5) is 18.0 Å². The van der Waals surface area contributed by atoms with Crippen molar-refractivity contribution >= 4 is 16.8 Å². The molecule has 1 aromatic heterocycles. The van der Waals surface area contributed by atoms with Crippen LogP contribution in [-0.2, 0) is 12.7 Å². The zero-order chi connectivity index (χ0) is 22.6. The van der Waals surface area contributed by atoms with Gasteiger partial charge in [-0.05, 0) is 48.1 Å². The standard InChI is InChI=1S/C24H24F3N3O2/c25-24(26,27)18-8-13-22(28-15-18)32-20-11-9-19(10-12-20)30-23(31)29-14-17-6-3-5-16-4-1-2-7-21(16)17/h1-8,13,15,19-20H,9-12,14H2,(H2,29,30,31). The van der Waals surface area contributed by atoms with E-state index in [1.54, 1.807) is 0 Å². The number of alkyl halides is 3. The third kappa shape index (κ3) is 5.49. The Morgan fingerprint density at radius 1 is 1.00 bits per heavy atom. The number of urea groups is 1. The fraction of sp³-hybridized carbons (Fsp3) is 0.333.